The molecule has 0 aliphatic heterocycles. The summed E-state index contributed by atoms with van der Waals surface area (Å²) in [6.07, 6.45) is 3.49. The summed E-state index contributed by atoms with van der Waals surface area (Å²) in [5, 5.41) is 8.30. The molecule has 21 heavy (non-hydrogen) atoms. The van der Waals surface area contributed by atoms with Gasteiger partial charge in [0.05, 0.1) is 17.9 Å². The third kappa shape index (κ3) is 2.99. The Labute approximate surface area is 131 Å². The summed E-state index contributed by atoms with van der Waals surface area (Å²) in [4.78, 5) is 8.59. The van der Waals surface area contributed by atoms with Crippen LogP contribution in [0.25, 0.3) is 16.8 Å². The standard InChI is InChI=1S/C12H17BrN6OSi/c1-21(2,3)5-4-20-8-18-10-11(16-17-18)19-9(6-14-10)7-15-12(19)13/h6-7H,4-5,8H2,1-3H3. The van der Waals surface area contributed by atoms with Crippen LogP contribution in [0.2, 0.25) is 25.7 Å². The molecule has 3 rings (SSSR count). The lowest BCUT2D eigenvalue weighted by atomic mass is 10.5. The van der Waals surface area contributed by atoms with Crippen molar-refractivity contribution in [3.8, 4) is 0 Å². The molecule has 0 aliphatic carbocycles. The lowest BCUT2D eigenvalue weighted by Crippen LogP contribution is -2.22. The Hall–Kier alpha value is -1.32. The first-order chi connectivity index (χ1) is 9.96. The van der Waals surface area contributed by atoms with Crippen LogP contribution in [0.1, 0.15) is 0 Å². The highest BCUT2D eigenvalue weighted by Crippen LogP contribution is 2.17. The predicted octanol–water partition coefficient (Wildman–Crippen LogP) is 2.55. The first-order valence-electron chi connectivity index (χ1n) is 6.75. The maximum Gasteiger partial charge on any atom is 0.208 e. The minimum Gasteiger partial charge on any atom is -0.359 e. The zero-order chi connectivity index (χ0) is 15.0. The molecule has 3 aromatic rings. The van der Waals surface area contributed by atoms with Gasteiger partial charge in [-0.1, -0.05) is 24.9 Å². The molecule has 0 saturated carbocycles. The molecular formula is C12H17BrN6OSi. The number of ether oxygens (including phenoxy) is 1. The first-order valence-corrected chi connectivity index (χ1v) is 11.2. The minimum atomic E-state index is -1.07. The maximum absolute atomic E-state index is 5.70. The molecule has 7 nitrogen and oxygen atoms in total. The molecule has 0 saturated heterocycles. The molecule has 0 aromatic carbocycles. The van der Waals surface area contributed by atoms with Crippen molar-refractivity contribution in [3.63, 3.8) is 0 Å². The van der Waals surface area contributed by atoms with E-state index in [1.807, 2.05) is 4.40 Å². The minimum absolute atomic E-state index is 0.367. The van der Waals surface area contributed by atoms with Gasteiger partial charge in [0, 0.05) is 14.7 Å². The highest BCUT2D eigenvalue weighted by atomic mass is 79.9. The van der Waals surface area contributed by atoms with Gasteiger partial charge in [0.15, 0.2) is 10.4 Å². The van der Waals surface area contributed by atoms with Crippen molar-refractivity contribution in [2.75, 3.05) is 6.61 Å². The molecule has 0 radical (unpaired) electrons. The fourth-order valence-corrected chi connectivity index (χ4v) is 3.19. The van der Waals surface area contributed by atoms with Gasteiger partial charge in [-0.25, -0.2) is 9.97 Å². The third-order valence-electron chi connectivity index (χ3n) is 3.18. The van der Waals surface area contributed by atoms with Crippen LogP contribution >= 0.6 is 15.9 Å². The normalized spacial score (nSPS) is 12.6. The van der Waals surface area contributed by atoms with Crippen LogP contribution in [-0.2, 0) is 11.5 Å². The number of halogens is 1. The average Bonchev–Trinajstić information content (AvgIpc) is 2.98. The Kier molecular flexibility index (Phi) is 3.80. The molecule has 0 atom stereocenters. The van der Waals surface area contributed by atoms with Crippen LogP contribution in [-0.4, -0.2) is 44.0 Å². The molecule has 0 bridgehead atoms. The molecule has 0 amide bonds. The third-order valence-corrected chi connectivity index (χ3v) is 5.44. The fraction of sp³-hybridized carbons (Fsp3) is 0.500. The maximum atomic E-state index is 5.70. The van der Waals surface area contributed by atoms with Crippen LogP contribution in [0.15, 0.2) is 17.1 Å². The Morgan fingerprint density at radius 1 is 1.19 bits per heavy atom. The van der Waals surface area contributed by atoms with Crippen molar-refractivity contribution in [1.82, 2.24) is 29.4 Å². The highest BCUT2D eigenvalue weighted by molar-refractivity contribution is 9.10. The van der Waals surface area contributed by atoms with Gasteiger partial charge in [0.2, 0.25) is 5.65 Å². The predicted molar refractivity (Wildman–Crippen MR) is 85.9 cm³/mol. The van der Waals surface area contributed by atoms with Crippen molar-refractivity contribution >= 4 is 40.8 Å². The van der Waals surface area contributed by atoms with Crippen LogP contribution in [0.4, 0.5) is 0 Å². The van der Waals surface area contributed by atoms with Gasteiger partial charge < -0.3 is 4.74 Å². The van der Waals surface area contributed by atoms with Gasteiger partial charge in [-0.05, 0) is 22.0 Å². The summed E-state index contributed by atoms with van der Waals surface area (Å²) < 4.78 is 9.94. The number of nitrogens with zero attached hydrogens (tertiary/aromatic N) is 6. The highest BCUT2D eigenvalue weighted by Gasteiger charge is 2.14. The van der Waals surface area contributed by atoms with Crippen molar-refractivity contribution in [2.45, 2.75) is 32.4 Å². The molecule has 3 aromatic heterocycles. The molecule has 0 aliphatic rings. The van der Waals surface area contributed by atoms with Gasteiger partial charge in [0.1, 0.15) is 6.73 Å². The molecule has 0 N–H and O–H groups in total. The lowest BCUT2D eigenvalue weighted by molar-refractivity contribution is 0.0799. The van der Waals surface area contributed by atoms with E-state index in [0.717, 1.165) is 18.2 Å². The lowest BCUT2D eigenvalue weighted by Gasteiger charge is -2.15. The Bertz CT molecular complexity index is 777. The molecule has 112 valence electrons. The second kappa shape index (κ2) is 5.47. The summed E-state index contributed by atoms with van der Waals surface area (Å²) in [6, 6.07) is 1.13. The van der Waals surface area contributed by atoms with E-state index in [0.29, 0.717) is 22.8 Å². The van der Waals surface area contributed by atoms with Crippen LogP contribution in [0.3, 0.4) is 0 Å². The van der Waals surface area contributed by atoms with Gasteiger partial charge in [-0.15, -0.1) is 5.10 Å². The zero-order valence-corrected chi connectivity index (χ0v) is 14.8. The van der Waals surface area contributed by atoms with Gasteiger partial charge in [0.25, 0.3) is 0 Å². The summed E-state index contributed by atoms with van der Waals surface area (Å²) in [6.45, 7) is 8.10. The van der Waals surface area contributed by atoms with E-state index in [-0.39, 0.29) is 0 Å². The molecule has 0 spiro atoms. The second-order valence-corrected chi connectivity index (χ2v) is 12.5. The van der Waals surface area contributed by atoms with Gasteiger partial charge in [-0.2, -0.15) is 4.68 Å². The SMILES string of the molecule is C[Si](C)(C)CCOCn1nnc2c1ncc1cnc(Br)n12. The van der Waals surface area contributed by atoms with Crippen molar-refractivity contribution in [3.05, 3.63) is 17.1 Å². The Morgan fingerprint density at radius 3 is 2.71 bits per heavy atom. The summed E-state index contributed by atoms with van der Waals surface area (Å²) in [7, 11) is -1.07. The Balaban J connectivity index is 1.81. The second-order valence-electron chi connectivity index (χ2n) is 6.13. The first kappa shape index (κ1) is 14.6. The number of hydrogen-bond acceptors (Lipinski definition) is 5. The Morgan fingerprint density at radius 2 is 1.95 bits per heavy atom. The van der Waals surface area contributed by atoms with Crippen molar-refractivity contribution in [2.24, 2.45) is 0 Å². The molecule has 3 heterocycles. The van der Waals surface area contributed by atoms with E-state index in [9.17, 15) is 0 Å². The van der Waals surface area contributed by atoms with E-state index >= 15 is 0 Å². The molecular weight excluding hydrogens is 352 g/mol. The summed E-state index contributed by atoms with van der Waals surface area (Å²) in [5.41, 5.74) is 2.24. The quantitative estimate of drug-likeness (QED) is 0.511. The largest absolute Gasteiger partial charge is 0.359 e. The van der Waals surface area contributed by atoms with E-state index in [2.05, 4.69) is 55.9 Å². The topological polar surface area (TPSA) is 70.1 Å². The zero-order valence-electron chi connectivity index (χ0n) is 12.2. The average molecular weight is 369 g/mol. The van der Waals surface area contributed by atoms with Crippen LogP contribution < -0.4 is 0 Å². The van der Waals surface area contributed by atoms with Gasteiger partial charge >= 0.3 is 0 Å². The van der Waals surface area contributed by atoms with E-state index in [1.165, 1.54) is 0 Å². The number of imidazole rings is 1. The molecule has 9 heteroatoms. The molecule has 0 unspecified atom stereocenters. The van der Waals surface area contributed by atoms with Crippen LogP contribution in [0, 0.1) is 0 Å². The van der Waals surface area contributed by atoms with Crippen molar-refractivity contribution in [1.29, 1.82) is 0 Å². The number of hydrogen-bond donors (Lipinski definition) is 0. The molecule has 0 fully saturated rings. The van der Waals surface area contributed by atoms with Crippen molar-refractivity contribution < 1.29 is 4.74 Å². The van der Waals surface area contributed by atoms with Crippen LogP contribution in [0.5, 0.6) is 0 Å². The van der Waals surface area contributed by atoms with E-state index in [4.69, 9.17) is 4.74 Å². The number of fused-ring (bicyclic) bond motifs is 3. The summed E-state index contributed by atoms with van der Waals surface area (Å²) in [5.74, 6) is 0. The fourth-order valence-electron chi connectivity index (χ4n) is 1.95. The monoisotopic (exact) mass is 368 g/mol. The van der Waals surface area contributed by atoms with E-state index < -0.39 is 8.07 Å². The number of rotatable bonds is 5. The van der Waals surface area contributed by atoms with E-state index in [1.54, 1.807) is 17.1 Å². The smallest absolute Gasteiger partial charge is 0.208 e. The number of aromatic nitrogens is 6. The van der Waals surface area contributed by atoms with Gasteiger partial charge in [-0.3, -0.25) is 4.40 Å². The summed E-state index contributed by atoms with van der Waals surface area (Å²) >= 11 is 3.40.